The lowest BCUT2D eigenvalue weighted by Crippen LogP contribution is -2.36. The van der Waals surface area contributed by atoms with E-state index in [1.165, 1.54) is 0 Å². The number of halogens is 2. The van der Waals surface area contributed by atoms with Crippen molar-refractivity contribution in [3.8, 4) is 0 Å². The van der Waals surface area contributed by atoms with Crippen LogP contribution in [0.1, 0.15) is 24.8 Å². The Morgan fingerprint density at radius 3 is 2.89 bits per heavy atom. The highest BCUT2D eigenvalue weighted by Gasteiger charge is 2.45. The molecule has 3 atom stereocenters. The van der Waals surface area contributed by atoms with Crippen molar-refractivity contribution in [2.24, 2.45) is 5.92 Å². The van der Waals surface area contributed by atoms with Gasteiger partial charge in [-0.25, -0.2) is 0 Å². The first-order valence-electron chi connectivity index (χ1n) is 5.89. The topological polar surface area (TPSA) is 49.3 Å². The number of amides is 1. The summed E-state index contributed by atoms with van der Waals surface area (Å²) in [7, 11) is 0. The summed E-state index contributed by atoms with van der Waals surface area (Å²) in [5.74, 6) is 0.103. The summed E-state index contributed by atoms with van der Waals surface area (Å²) in [5, 5.41) is 12.9. The lowest BCUT2D eigenvalue weighted by Gasteiger charge is -2.10. The molecule has 1 amide bonds. The Bertz CT molecular complexity index is 464. The molecule has 1 fully saturated rings. The zero-order valence-corrected chi connectivity index (χ0v) is 11.5. The fraction of sp³-hybridized carbons (Fsp3) is 0.462. The van der Waals surface area contributed by atoms with Gasteiger partial charge in [0.25, 0.3) is 0 Å². The van der Waals surface area contributed by atoms with Crippen molar-refractivity contribution in [2.75, 3.05) is 6.61 Å². The molecule has 18 heavy (non-hydrogen) atoms. The maximum Gasteiger partial charge on any atom is 0.224 e. The van der Waals surface area contributed by atoms with Gasteiger partial charge in [-0.2, -0.15) is 0 Å². The largest absolute Gasteiger partial charge is 0.394 e. The van der Waals surface area contributed by atoms with E-state index in [1.807, 2.05) is 6.07 Å². The SMILES string of the molecule is CC(CO)NC(=O)C1CC1c1ccc(Cl)cc1Cl. The van der Waals surface area contributed by atoms with Gasteiger partial charge in [-0.15, -0.1) is 0 Å². The summed E-state index contributed by atoms with van der Waals surface area (Å²) >= 11 is 11.9. The first kappa shape index (κ1) is 13.7. The van der Waals surface area contributed by atoms with Crippen LogP contribution in [-0.2, 0) is 4.79 Å². The lowest BCUT2D eigenvalue weighted by molar-refractivity contribution is -0.123. The molecule has 2 rings (SSSR count). The third-order valence-corrected chi connectivity index (χ3v) is 3.71. The highest BCUT2D eigenvalue weighted by molar-refractivity contribution is 6.35. The van der Waals surface area contributed by atoms with Crippen molar-refractivity contribution in [3.63, 3.8) is 0 Å². The summed E-state index contributed by atoms with van der Waals surface area (Å²) in [4.78, 5) is 11.8. The van der Waals surface area contributed by atoms with Crippen LogP contribution in [0.5, 0.6) is 0 Å². The third kappa shape index (κ3) is 2.97. The Morgan fingerprint density at radius 1 is 1.56 bits per heavy atom. The van der Waals surface area contributed by atoms with E-state index in [-0.39, 0.29) is 30.4 Å². The molecule has 1 aromatic carbocycles. The van der Waals surface area contributed by atoms with Gasteiger partial charge in [-0.3, -0.25) is 4.79 Å². The predicted molar refractivity (Wildman–Crippen MR) is 72.0 cm³/mol. The average molecular weight is 288 g/mol. The van der Waals surface area contributed by atoms with Crippen LogP contribution in [0.4, 0.5) is 0 Å². The van der Waals surface area contributed by atoms with Crippen LogP contribution in [0.15, 0.2) is 18.2 Å². The lowest BCUT2D eigenvalue weighted by atomic mass is 10.1. The van der Waals surface area contributed by atoms with Crippen molar-refractivity contribution in [2.45, 2.75) is 25.3 Å². The van der Waals surface area contributed by atoms with E-state index in [0.29, 0.717) is 10.0 Å². The number of hydrogen-bond donors (Lipinski definition) is 2. The summed E-state index contributed by atoms with van der Waals surface area (Å²) in [6.45, 7) is 1.72. The number of aliphatic hydroxyl groups is 1. The molecule has 0 aromatic heterocycles. The number of carbonyl (C=O) groups is 1. The molecule has 1 aliphatic rings. The van der Waals surface area contributed by atoms with Crippen LogP contribution in [0.25, 0.3) is 0 Å². The van der Waals surface area contributed by atoms with Gasteiger partial charge in [0, 0.05) is 22.0 Å². The molecule has 1 aromatic rings. The summed E-state index contributed by atoms with van der Waals surface area (Å²) < 4.78 is 0. The van der Waals surface area contributed by atoms with E-state index in [4.69, 9.17) is 28.3 Å². The van der Waals surface area contributed by atoms with E-state index in [2.05, 4.69) is 5.32 Å². The number of carbonyl (C=O) groups excluding carboxylic acids is 1. The molecule has 0 bridgehead atoms. The number of rotatable bonds is 4. The third-order valence-electron chi connectivity index (χ3n) is 3.15. The van der Waals surface area contributed by atoms with E-state index in [1.54, 1.807) is 19.1 Å². The van der Waals surface area contributed by atoms with Gasteiger partial charge < -0.3 is 10.4 Å². The molecule has 98 valence electrons. The van der Waals surface area contributed by atoms with Gasteiger partial charge in [0.15, 0.2) is 0 Å². The number of hydrogen-bond acceptors (Lipinski definition) is 2. The van der Waals surface area contributed by atoms with Crippen LogP contribution in [0, 0.1) is 5.92 Å². The van der Waals surface area contributed by atoms with Gasteiger partial charge in [0.2, 0.25) is 5.91 Å². The second kappa shape index (κ2) is 5.47. The van der Waals surface area contributed by atoms with Gasteiger partial charge in [-0.1, -0.05) is 29.3 Å². The predicted octanol–water partition coefficient (Wildman–Crippen LogP) is 2.59. The zero-order chi connectivity index (χ0) is 13.3. The zero-order valence-electron chi connectivity index (χ0n) is 9.99. The van der Waals surface area contributed by atoms with E-state index < -0.39 is 0 Å². The molecule has 0 aliphatic heterocycles. The number of aliphatic hydroxyl groups excluding tert-OH is 1. The second-order valence-corrected chi connectivity index (χ2v) is 5.55. The van der Waals surface area contributed by atoms with Crippen molar-refractivity contribution < 1.29 is 9.90 Å². The molecule has 0 radical (unpaired) electrons. The van der Waals surface area contributed by atoms with E-state index >= 15 is 0 Å². The molecule has 5 heteroatoms. The van der Waals surface area contributed by atoms with Crippen molar-refractivity contribution in [1.82, 2.24) is 5.32 Å². The minimum atomic E-state index is -0.209. The van der Waals surface area contributed by atoms with Gasteiger partial charge in [-0.05, 0) is 37.0 Å². The minimum absolute atomic E-state index is 0.0208. The Balaban J connectivity index is 2.00. The minimum Gasteiger partial charge on any atom is -0.394 e. The number of benzene rings is 1. The number of nitrogens with one attached hydrogen (secondary N) is 1. The fourth-order valence-corrected chi connectivity index (χ4v) is 2.57. The maximum atomic E-state index is 11.8. The Labute approximate surface area is 116 Å². The first-order valence-corrected chi connectivity index (χ1v) is 6.64. The van der Waals surface area contributed by atoms with E-state index in [9.17, 15) is 4.79 Å². The summed E-state index contributed by atoms with van der Waals surface area (Å²) in [6, 6.07) is 5.14. The molecule has 3 unspecified atom stereocenters. The Kier molecular flexibility index (Phi) is 4.15. The van der Waals surface area contributed by atoms with E-state index in [0.717, 1.165) is 12.0 Å². The highest BCUT2D eigenvalue weighted by Crippen LogP contribution is 2.50. The van der Waals surface area contributed by atoms with Crippen LogP contribution >= 0.6 is 23.2 Å². The first-order chi connectivity index (χ1) is 8.52. The van der Waals surface area contributed by atoms with Crippen LogP contribution < -0.4 is 5.32 Å². The molecule has 0 heterocycles. The smallest absolute Gasteiger partial charge is 0.224 e. The quantitative estimate of drug-likeness (QED) is 0.894. The normalized spacial score (nSPS) is 23.6. The summed E-state index contributed by atoms with van der Waals surface area (Å²) in [6.07, 6.45) is 0.797. The average Bonchev–Trinajstić information content (AvgIpc) is 3.08. The van der Waals surface area contributed by atoms with Crippen LogP contribution in [0.3, 0.4) is 0 Å². The van der Waals surface area contributed by atoms with Crippen molar-refractivity contribution in [1.29, 1.82) is 0 Å². The van der Waals surface area contributed by atoms with Crippen LogP contribution in [0.2, 0.25) is 10.0 Å². The Morgan fingerprint density at radius 2 is 2.28 bits per heavy atom. The maximum absolute atomic E-state index is 11.8. The molecule has 0 saturated heterocycles. The summed E-state index contributed by atoms with van der Waals surface area (Å²) in [5.41, 5.74) is 0.970. The standard InChI is InChI=1S/C13H15Cl2NO2/c1-7(6-17)16-13(18)11-5-10(11)9-3-2-8(14)4-12(9)15/h2-4,7,10-11,17H,5-6H2,1H3,(H,16,18). The molecule has 1 saturated carbocycles. The molecular weight excluding hydrogens is 273 g/mol. The molecule has 0 spiro atoms. The Hall–Kier alpha value is -0.770. The van der Waals surface area contributed by atoms with Crippen LogP contribution in [-0.4, -0.2) is 23.7 Å². The fourth-order valence-electron chi connectivity index (χ4n) is 2.03. The molecular formula is C13H15Cl2NO2. The molecule has 3 nitrogen and oxygen atoms in total. The van der Waals surface area contributed by atoms with Crippen molar-refractivity contribution in [3.05, 3.63) is 33.8 Å². The van der Waals surface area contributed by atoms with Crippen molar-refractivity contribution >= 4 is 29.1 Å². The highest BCUT2D eigenvalue weighted by atomic mass is 35.5. The molecule has 1 aliphatic carbocycles. The monoisotopic (exact) mass is 287 g/mol. The van der Waals surface area contributed by atoms with Gasteiger partial charge >= 0.3 is 0 Å². The van der Waals surface area contributed by atoms with Gasteiger partial charge in [0.05, 0.1) is 6.61 Å². The van der Waals surface area contributed by atoms with Gasteiger partial charge in [0.1, 0.15) is 0 Å². The second-order valence-electron chi connectivity index (χ2n) is 4.71. The molecule has 2 N–H and O–H groups in total.